The van der Waals surface area contributed by atoms with E-state index in [1.165, 1.54) is 6.26 Å². The zero-order valence-corrected chi connectivity index (χ0v) is 20.7. The van der Waals surface area contributed by atoms with Crippen molar-refractivity contribution in [2.75, 3.05) is 24.4 Å². The number of hydrogen-bond donors (Lipinski definition) is 1. The minimum absolute atomic E-state index is 0.0292. The SMILES string of the molecule is CC[C@H]1COCC(=O)N1c1cc(CS(C)(=O)=O)cc(-c2ccc3[nH]c(COC(C)C)cc3n2)n1. The Bertz CT molecular complexity index is 1300. The average Bonchev–Trinajstić information content (AvgIpc) is 3.18. The van der Waals surface area contributed by atoms with E-state index in [4.69, 9.17) is 19.4 Å². The lowest BCUT2D eigenvalue weighted by atomic mass is 10.1. The fourth-order valence-electron chi connectivity index (χ4n) is 4.00. The van der Waals surface area contributed by atoms with Crippen molar-refractivity contribution in [1.29, 1.82) is 0 Å². The summed E-state index contributed by atoms with van der Waals surface area (Å²) >= 11 is 0. The van der Waals surface area contributed by atoms with Crippen LogP contribution in [0, 0.1) is 0 Å². The van der Waals surface area contributed by atoms with Gasteiger partial charge in [0, 0.05) is 11.9 Å². The summed E-state index contributed by atoms with van der Waals surface area (Å²) in [6, 6.07) is 8.91. The van der Waals surface area contributed by atoms with E-state index in [-0.39, 0.29) is 30.4 Å². The Hall–Kier alpha value is -2.82. The molecule has 0 saturated carbocycles. The van der Waals surface area contributed by atoms with E-state index in [9.17, 15) is 13.2 Å². The summed E-state index contributed by atoms with van der Waals surface area (Å²) in [6.07, 6.45) is 1.99. The van der Waals surface area contributed by atoms with Crippen molar-refractivity contribution in [3.8, 4) is 11.4 Å². The van der Waals surface area contributed by atoms with Gasteiger partial charge in [0.25, 0.3) is 5.91 Å². The van der Waals surface area contributed by atoms with Crippen molar-refractivity contribution in [2.45, 2.75) is 51.7 Å². The van der Waals surface area contributed by atoms with Crippen LogP contribution >= 0.6 is 0 Å². The number of carbonyl (C=O) groups excluding carboxylic acids is 1. The van der Waals surface area contributed by atoms with Crippen molar-refractivity contribution in [2.24, 2.45) is 0 Å². The summed E-state index contributed by atoms with van der Waals surface area (Å²) in [7, 11) is -3.30. The molecule has 1 amide bonds. The number of nitrogens with zero attached hydrogens (tertiary/aromatic N) is 3. The number of aromatic nitrogens is 3. The Morgan fingerprint density at radius 2 is 2.00 bits per heavy atom. The van der Waals surface area contributed by atoms with Gasteiger partial charge >= 0.3 is 0 Å². The third kappa shape index (κ3) is 5.63. The van der Waals surface area contributed by atoms with Crippen LogP contribution in [0.2, 0.25) is 0 Å². The van der Waals surface area contributed by atoms with Crippen LogP contribution in [0.15, 0.2) is 30.3 Å². The monoisotopic (exact) mass is 486 g/mol. The van der Waals surface area contributed by atoms with Crippen LogP contribution in [0.25, 0.3) is 22.4 Å². The minimum atomic E-state index is -3.30. The van der Waals surface area contributed by atoms with Crippen LogP contribution in [0.1, 0.15) is 38.4 Å². The molecule has 10 heteroatoms. The number of sulfone groups is 1. The van der Waals surface area contributed by atoms with Gasteiger partial charge in [0.15, 0.2) is 9.84 Å². The summed E-state index contributed by atoms with van der Waals surface area (Å²) in [4.78, 5) is 27.1. The summed E-state index contributed by atoms with van der Waals surface area (Å²) < 4.78 is 35.2. The highest BCUT2D eigenvalue weighted by atomic mass is 32.2. The van der Waals surface area contributed by atoms with Crippen LogP contribution in [-0.4, -0.2) is 60.9 Å². The van der Waals surface area contributed by atoms with Gasteiger partial charge in [0.05, 0.1) is 53.5 Å². The van der Waals surface area contributed by atoms with E-state index in [2.05, 4.69) is 4.98 Å². The van der Waals surface area contributed by atoms with E-state index < -0.39 is 9.84 Å². The van der Waals surface area contributed by atoms with Gasteiger partial charge in [-0.05, 0) is 56.2 Å². The largest absolute Gasteiger partial charge is 0.373 e. The molecule has 0 aliphatic carbocycles. The molecule has 3 aromatic rings. The Balaban J connectivity index is 1.77. The number of aromatic amines is 1. The van der Waals surface area contributed by atoms with Crippen LogP contribution in [-0.2, 0) is 36.5 Å². The van der Waals surface area contributed by atoms with Gasteiger partial charge in [-0.2, -0.15) is 0 Å². The van der Waals surface area contributed by atoms with E-state index in [0.717, 1.165) is 16.7 Å². The first-order chi connectivity index (χ1) is 16.1. The zero-order chi connectivity index (χ0) is 24.5. The lowest BCUT2D eigenvalue weighted by Gasteiger charge is -2.34. The number of carbonyl (C=O) groups is 1. The lowest BCUT2D eigenvalue weighted by molar-refractivity contribution is -0.127. The maximum atomic E-state index is 12.7. The maximum Gasteiger partial charge on any atom is 0.254 e. The van der Waals surface area contributed by atoms with Crippen molar-refractivity contribution in [3.63, 3.8) is 0 Å². The molecule has 1 aliphatic heterocycles. The Morgan fingerprint density at radius 3 is 2.71 bits per heavy atom. The smallest absolute Gasteiger partial charge is 0.254 e. The third-order valence-electron chi connectivity index (χ3n) is 5.55. The number of anilines is 1. The van der Waals surface area contributed by atoms with Crippen molar-refractivity contribution < 1.29 is 22.7 Å². The molecule has 34 heavy (non-hydrogen) atoms. The number of amides is 1. The molecule has 3 aromatic heterocycles. The second-order valence-electron chi connectivity index (χ2n) is 8.91. The predicted octanol–water partition coefficient (Wildman–Crippen LogP) is 3.24. The predicted molar refractivity (Wildman–Crippen MR) is 130 cm³/mol. The Kier molecular flexibility index (Phi) is 7.01. The third-order valence-corrected chi connectivity index (χ3v) is 6.41. The molecule has 1 saturated heterocycles. The first-order valence-corrected chi connectivity index (χ1v) is 13.4. The number of ether oxygens (including phenoxy) is 2. The highest BCUT2D eigenvalue weighted by Crippen LogP contribution is 2.28. The number of fused-ring (bicyclic) bond motifs is 1. The Morgan fingerprint density at radius 1 is 1.21 bits per heavy atom. The van der Waals surface area contributed by atoms with Crippen LogP contribution in [0.3, 0.4) is 0 Å². The van der Waals surface area contributed by atoms with Gasteiger partial charge in [0.1, 0.15) is 12.4 Å². The first-order valence-electron chi connectivity index (χ1n) is 11.3. The molecule has 182 valence electrons. The lowest BCUT2D eigenvalue weighted by Crippen LogP contribution is -2.49. The fourth-order valence-corrected chi connectivity index (χ4v) is 4.77. The molecule has 4 rings (SSSR count). The normalized spacial score (nSPS) is 17.1. The highest BCUT2D eigenvalue weighted by molar-refractivity contribution is 7.89. The highest BCUT2D eigenvalue weighted by Gasteiger charge is 2.30. The second kappa shape index (κ2) is 9.81. The van der Waals surface area contributed by atoms with E-state index in [1.54, 1.807) is 17.0 Å². The second-order valence-corrected chi connectivity index (χ2v) is 11.1. The first kappa shape index (κ1) is 24.3. The molecule has 1 N–H and O–H groups in total. The summed E-state index contributed by atoms with van der Waals surface area (Å²) in [5.74, 6) is 0.0590. The van der Waals surface area contributed by atoms with Gasteiger partial charge in [-0.15, -0.1) is 0 Å². The number of hydrogen-bond acceptors (Lipinski definition) is 7. The van der Waals surface area contributed by atoms with Gasteiger partial charge in [-0.1, -0.05) is 6.92 Å². The van der Waals surface area contributed by atoms with Crippen LogP contribution < -0.4 is 4.90 Å². The molecule has 0 spiro atoms. The van der Waals surface area contributed by atoms with Crippen molar-refractivity contribution in [3.05, 3.63) is 41.6 Å². The van der Waals surface area contributed by atoms with Gasteiger partial charge < -0.3 is 14.5 Å². The standard InChI is InChI=1S/C24H30N4O5S/c1-5-18-12-32-13-24(29)28(18)23-9-16(14-34(4,30)31)8-21(27-23)20-7-6-19-22(26-20)10-17(25-19)11-33-15(2)3/h6-10,15,18,25H,5,11-14H2,1-4H3/t18-/m0/s1. The molecule has 4 heterocycles. The molecular formula is C24H30N4O5S. The van der Waals surface area contributed by atoms with Crippen LogP contribution in [0.4, 0.5) is 5.82 Å². The molecule has 0 unspecified atom stereocenters. The number of morpholine rings is 1. The molecular weight excluding hydrogens is 456 g/mol. The maximum absolute atomic E-state index is 12.7. The summed E-state index contributed by atoms with van der Waals surface area (Å²) in [5, 5.41) is 0. The number of rotatable bonds is 8. The quantitative estimate of drug-likeness (QED) is 0.520. The molecule has 1 aliphatic rings. The number of H-pyrrole nitrogens is 1. The van der Waals surface area contributed by atoms with Crippen LogP contribution in [0.5, 0.6) is 0 Å². The minimum Gasteiger partial charge on any atom is -0.373 e. The topological polar surface area (TPSA) is 114 Å². The van der Waals surface area contributed by atoms with E-state index in [1.807, 2.05) is 39.0 Å². The Labute approximate surface area is 199 Å². The number of nitrogens with one attached hydrogen (secondary N) is 1. The summed E-state index contributed by atoms with van der Waals surface area (Å²) in [6.45, 7) is 6.76. The van der Waals surface area contributed by atoms with Crippen molar-refractivity contribution >= 4 is 32.6 Å². The molecule has 1 atom stereocenters. The summed E-state index contributed by atoms with van der Waals surface area (Å²) in [5.41, 5.74) is 4.19. The zero-order valence-electron chi connectivity index (χ0n) is 19.9. The van der Waals surface area contributed by atoms with E-state index >= 15 is 0 Å². The van der Waals surface area contributed by atoms with Gasteiger partial charge in [0.2, 0.25) is 0 Å². The molecule has 1 fully saturated rings. The molecule has 0 aromatic carbocycles. The molecule has 9 nitrogen and oxygen atoms in total. The van der Waals surface area contributed by atoms with Gasteiger partial charge in [-0.25, -0.2) is 18.4 Å². The molecule has 0 bridgehead atoms. The molecule has 0 radical (unpaired) electrons. The average molecular weight is 487 g/mol. The fraction of sp³-hybridized carbons (Fsp3) is 0.458. The number of pyridine rings is 2. The van der Waals surface area contributed by atoms with E-state index in [0.29, 0.717) is 42.4 Å². The van der Waals surface area contributed by atoms with Crippen molar-refractivity contribution in [1.82, 2.24) is 15.0 Å². The van der Waals surface area contributed by atoms with Gasteiger partial charge in [-0.3, -0.25) is 9.69 Å².